The van der Waals surface area contributed by atoms with Gasteiger partial charge in [0, 0.05) is 32.7 Å². The molecule has 2 aromatic rings. The molecule has 1 atom stereocenters. The Kier molecular flexibility index (Phi) is 7.24. The van der Waals surface area contributed by atoms with E-state index in [1.54, 1.807) is 31.4 Å². The van der Waals surface area contributed by atoms with Crippen LogP contribution in [0.4, 0.5) is 8.78 Å². The Morgan fingerprint density at radius 2 is 1.63 bits per heavy atom. The fourth-order valence-corrected chi connectivity index (χ4v) is 4.59. The third kappa shape index (κ3) is 5.45. The summed E-state index contributed by atoms with van der Waals surface area (Å²) in [6, 6.07) is 9.55. The van der Waals surface area contributed by atoms with Gasteiger partial charge in [-0.25, -0.2) is 17.2 Å². The number of sulfonamides is 1. The number of aliphatic hydroxyl groups excluding tert-OH is 1. The van der Waals surface area contributed by atoms with Crippen LogP contribution in [0, 0.1) is 11.6 Å². The number of hydrogen-bond donors (Lipinski definition) is 1. The van der Waals surface area contributed by atoms with Gasteiger partial charge in [0.15, 0.2) is 11.6 Å². The maximum absolute atomic E-state index is 13.4. The third-order valence-electron chi connectivity index (χ3n) is 4.83. The van der Waals surface area contributed by atoms with Crippen molar-refractivity contribution in [1.82, 2.24) is 9.21 Å². The van der Waals surface area contributed by atoms with E-state index in [4.69, 9.17) is 9.47 Å². The molecule has 0 aliphatic carbocycles. The zero-order chi connectivity index (χ0) is 21.7. The van der Waals surface area contributed by atoms with E-state index < -0.39 is 27.8 Å². The zero-order valence-corrected chi connectivity index (χ0v) is 17.3. The van der Waals surface area contributed by atoms with Gasteiger partial charge in [0.25, 0.3) is 0 Å². The summed E-state index contributed by atoms with van der Waals surface area (Å²) < 4.78 is 63.6. The smallest absolute Gasteiger partial charge is 0.243 e. The molecule has 2 aromatic carbocycles. The van der Waals surface area contributed by atoms with E-state index in [0.29, 0.717) is 37.2 Å². The van der Waals surface area contributed by atoms with Crippen LogP contribution < -0.4 is 9.47 Å². The molecule has 1 fully saturated rings. The van der Waals surface area contributed by atoms with Gasteiger partial charge in [-0.1, -0.05) is 0 Å². The van der Waals surface area contributed by atoms with E-state index in [1.165, 1.54) is 4.31 Å². The summed E-state index contributed by atoms with van der Waals surface area (Å²) in [6.45, 7) is 1.61. The summed E-state index contributed by atoms with van der Waals surface area (Å²) in [5.74, 6) is -0.976. The molecule has 0 spiro atoms. The van der Waals surface area contributed by atoms with Crippen molar-refractivity contribution >= 4 is 10.0 Å². The van der Waals surface area contributed by atoms with Crippen LogP contribution in [0.1, 0.15) is 0 Å². The standard InChI is InChI=1S/C20H24F2N2O5S/c1-28-16-2-4-17(5-3-16)29-14-15(25)13-23-8-10-24(11-9-23)30(26,27)18-6-7-19(21)20(22)12-18/h2-7,12,15,25H,8-11,13-14H2,1H3. The molecular formula is C20H24F2N2O5S. The van der Waals surface area contributed by atoms with Gasteiger partial charge in [-0.3, -0.25) is 4.90 Å². The fraction of sp³-hybridized carbons (Fsp3) is 0.400. The molecule has 1 aliphatic rings. The molecule has 7 nitrogen and oxygen atoms in total. The summed E-state index contributed by atoms with van der Waals surface area (Å²) in [5.41, 5.74) is 0. The normalized spacial score (nSPS) is 16.9. The van der Waals surface area contributed by atoms with E-state index >= 15 is 0 Å². The Labute approximate surface area is 174 Å². The van der Waals surface area contributed by atoms with E-state index in [1.807, 2.05) is 4.90 Å². The Morgan fingerprint density at radius 3 is 2.23 bits per heavy atom. The lowest BCUT2D eigenvalue weighted by Gasteiger charge is -2.34. The number of methoxy groups -OCH3 is 1. The SMILES string of the molecule is COc1ccc(OCC(O)CN2CCN(S(=O)(=O)c3ccc(F)c(F)c3)CC2)cc1. The van der Waals surface area contributed by atoms with Crippen molar-refractivity contribution in [1.29, 1.82) is 0 Å². The van der Waals surface area contributed by atoms with E-state index in [9.17, 15) is 22.3 Å². The Morgan fingerprint density at radius 1 is 1.00 bits per heavy atom. The van der Waals surface area contributed by atoms with Crippen molar-refractivity contribution in [2.45, 2.75) is 11.0 Å². The number of nitrogens with zero attached hydrogens (tertiary/aromatic N) is 2. The first-order chi connectivity index (χ1) is 14.3. The molecule has 3 rings (SSSR count). The van der Waals surface area contributed by atoms with Crippen molar-refractivity contribution in [3.63, 3.8) is 0 Å². The number of ether oxygens (including phenoxy) is 2. The number of piperazine rings is 1. The summed E-state index contributed by atoms with van der Waals surface area (Å²) in [4.78, 5) is 1.65. The van der Waals surface area contributed by atoms with E-state index in [2.05, 4.69) is 0 Å². The second-order valence-electron chi connectivity index (χ2n) is 6.92. The second-order valence-corrected chi connectivity index (χ2v) is 8.86. The summed E-state index contributed by atoms with van der Waals surface area (Å²) in [5, 5.41) is 10.2. The molecule has 1 N–H and O–H groups in total. The van der Waals surface area contributed by atoms with Crippen LogP contribution >= 0.6 is 0 Å². The molecular weight excluding hydrogens is 418 g/mol. The van der Waals surface area contributed by atoms with Crippen molar-refractivity contribution in [3.05, 3.63) is 54.1 Å². The van der Waals surface area contributed by atoms with Gasteiger partial charge in [0.05, 0.1) is 12.0 Å². The van der Waals surface area contributed by atoms with Crippen molar-refractivity contribution in [2.75, 3.05) is 46.4 Å². The van der Waals surface area contributed by atoms with Gasteiger partial charge < -0.3 is 14.6 Å². The van der Waals surface area contributed by atoms with Gasteiger partial charge in [-0.2, -0.15) is 4.31 Å². The number of benzene rings is 2. The van der Waals surface area contributed by atoms with Crippen LogP contribution in [0.3, 0.4) is 0 Å². The molecule has 164 valence electrons. The fourth-order valence-electron chi connectivity index (χ4n) is 3.15. The summed E-state index contributed by atoms with van der Waals surface area (Å²) in [7, 11) is -2.33. The maximum atomic E-state index is 13.4. The quantitative estimate of drug-likeness (QED) is 0.671. The molecule has 30 heavy (non-hydrogen) atoms. The van der Waals surface area contributed by atoms with Crippen LogP contribution in [0.15, 0.2) is 47.4 Å². The minimum absolute atomic E-state index is 0.0969. The highest BCUT2D eigenvalue weighted by Gasteiger charge is 2.29. The highest BCUT2D eigenvalue weighted by Crippen LogP contribution is 2.20. The largest absolute Gasteiger partial charge is 0.497 e. The molecule has 0 radical (unpaired) electrons. The lowest BCUT2D eigenvalue weighted by molar-refractivity contribution is 0.0569. The van der Waals surface area contributed by atoms with Gasteiger partial charge in [-0.05, 0) is 42.5 Å². The first-order valence-electron chi connectivity index (χ1n) is 9.42. The summed E-state index contributed by atoms with van der Waals surface area (Å²) in [6.07, 6.45) is -0.749. The van der Waals surface area contributed by atoms with E-state index in [0.717, 1.165) is 12.1 Å². The van der Waals surface area contributed by atoms with Crippen LogP contribution in [-0.2, 0) is 10.0 Å². The minimum atomic E-state index is -3.90. The first kappa shape index (κ1) is 22.4. The Bertz CT molecular complexity index is 948. The molecule has 10 heteroatoms. The minimum Gasteiger partial charge on any atom is -0.497 e. The number of β-amino-alcohol motifs (C(OH)–C–C–N with tert-alkyl or cyclic N) is 1. The molecule has 0 amide bonds. The van der Waals surface area contributed by atoms with Crippen molar-refractivity contribution in [3.8, 4) is 11.5 Å². The maximum Gasteiger partial charge on any atom is 0.243 e. The van der Waals surface area contributed by atoms with Crippen LogP contribution in [-0.4, -0.2) is 75.3 Å². The van der Waals surface area contributed by atoms with Crippen molar-refractivity contribution in [2.24, 2.45) is 0 Å². The average molecular weight is 442 g/mol. The molecule has 1 saturated heterocycles. The number of hydrogen-bond acceptors (Lipinski definition) is 6. The number of aliphatic hydroxyl groups is 1. The van der Waals surface area contributed by atoms with Crippen LogP contribution in [0.2, 0.25) is 0 Å². The van der Waals surface area contributed by atoms with Crippen LogP contribution in [0.25, 0.3) is 0 Å². The second kappa shape index (κ2) is 9.69. The third-order valence-corrected chi connectivity index (χ3v) is 6.73. The molecule has 1 heterocycles. The molecule has 1 unspecified atom stereocenters. The highest BCUT2D eigenvalue weighted by atomic mass is 32.2. The Hall–Kier alpha value is -2.27. The molecule has 1 aliphatic heterocycles. The van der Waals surface area contributed by atoms with Gasteiger partial charge >= 0.3 is 0 Å². The molecule has 0 bridgehead atoms. The molecule has 0 saturated carbocycles. The molecule has 0 aromatic heterocycles. The zero-order valence-electron chi connectivity index (χ0n) is 16.5. The van der Waals surface area contributed by atoms with Crippen molar-refractivity contribution < 1.29 is 31.8 Å². The predicted octanol–water partition coefficient (Wildman–Crippen LogP) is 1.72. The Balaban J connectivity index is 1.48. The number of rotatable bonds is 8. The van der Waals surface area contributed by atoms with E-state index in [-0.39, 0.29) is 24.6 Å². The first-order valence-corrected chi connectivity index (χ1v) is 10.9. The topological polar surface area (TPSA) is 79.3 Å². The highest BCUT2D eigenvalue weighted by molar-refractivity contribution is 7.89. The van der Waals surface area contributed by atoms with Gasteiger partial charge in [0.2, 0.25) is 10.0 Å². The monoisotopic (exact) mass is 442 g/mol. The predicted molar refractivity (Wildman–Crippen MR) is 106 cm³/mol. The van der Waals surface area contributed by atoms with Gasteiger partial charge in [-0.15, -0.1) is 0 Å². The summed E-state index contributed by atoms with van der Waals surface area (Å²) >= 11 is 0. The van der Waals surface area contributed by atoms with Crippen LogP contribution in [0.5, 0.6) is 11.5 Å². The lowest BCUT2D eigenvalue weighted by atomic mass is 10.3. The number of halogens is 2. The average Bonchev–Trinajstić information content (AvgIpc) is 2.75. The van der Waals surface area contributed by atoms with Gasteiger partial charge in [0.1, 0.15) is 24.2 Å². The lowest BCUT2D eigenvalue weighted by Crippen LogP contribution is -2.50.